The summed E-state index contributed by atoms with van der Waals surface area (Å²) < 4.78 is 27.5. The Morgan fingerprint density at radius 3 is 2.55 bits per heavy atom. The molecule has 0 bridgehead atoms. The molecule has 0 amide bonds. The molecule has 0 radical (unpaired) electrons. The van der Waals surface area contributed by atoms with Gasteiger partial charge in [0.2, 0.25) is 10.0 Å². The molecule has 0 unspecified atom stereocenters. The molecule has 0 aliphatic heterocycles. The van der Waals surface area contributed by atoms with Crippen LogP contribution in [0.4, 0.5) is 0 Å². The summed E-state index contributed by atoms with van der Waals surface area (Å²) in [5, 5.41) is 4.44. The minimum atomic E-state index is -3.49. The fraction of sp³-hybridized carbons (Fsp3) is 0.357. The molecule has 1 heterocycles. The number of nitrogens with zero attached hydrogens (tertiary/aromatic N) is 3. The smallest absolute Gasteiger partial charge is 0.239 e. The average Bonchev–Trinajstić information content (AvgIpc) is 2.87. The first-order chi connectivity index (χ1) is 9.46. The van der Waals surface area contributed by atoms with E-state index >= 15 is 0 Å². The highest BCUT2D eigenvalue weighted by atomic mass is 32.2. The van der Waals surface area contributed by atoms with Crippen molar-refractivity contribution in [1.29, 1.82) is 0 Å². The predicted molar refractivity (Wildman–Crippen MR) is 78.4 cm³/mol. The van der Waals surface area contributed by atoms with Crippen LogP contribution in [0, 0.1) is 0 Å². The lowest BCUT2D eigenvalue weighted by molar-refractivity contribution is 0.520. The van der Waals surface area contributed by atoms with E-state index in [4.69, 9.17) is 0 Å². The van der Waals surface area contributed by atoms with Crippen LogP contribution in [0.25, 0.3) is 5.69 Å². The molecule has 0 aliphatic carbocycles. The van der Waals surface area contributed by atoms with Crippen LogP contribution in [0.15, 0.2) is 41.4 Å². The minimum absolute atomic E-state index is 0.260. The standard InChI is InChI=1S/C14H19N3O2S/c1-4-7-12-10-11-17(15-12)13-8-5-6-9-14(13)20(18,19)16(2)3/h5-6,8-11H,4,7H2,1-3H3. The SMILES string of the molecule is CCCc1ccn(-c2ccccc2S(=O)(=O)N(C)C)n1. The summed E-state index contributed by atoms with van der Waals surface area (Å²) in [7, 11) is -0.435. The second kappa shape index (κ2) is 5.76. The summed E-state index contributed by atoms with van der Waals surface area (Å²) in [4.78, 5) is 0.260. The Kier molecular flexibility index (Phi) is 4.25. The highest BCUT2D eigenvalue weighted by molar-refractivity contribution is 7.89. The third kappa shape index (κ3) is 2.76. The molecule has 0 fully saturated rings. The van der Waals surface area contributed by atoms with E-state index in [0.717, 1.165) is 18.5 Å². The number of benzene rings is 1. The van der Waals surface area contributed by atoms with Gasteiger partial charge in [0.15, 0.2) is 0 Å². The molecule has 1 aromatic carbocycles. The van der Waals surface area contributed by atoms with Gasteiger partial charge in [-0.2, -0.15) is 5.10 Å². The van der Waals surface area contributed by atoms with Gasteiger partial charge < -0.3 is 0 Å². The molecular weight excluding hydrogens is 274 g/mol. The third-order valence-electron chi connectivity index (χ3n) is 3.02. The van der Waals surface area contributed by atoms with Crippen molar-refractivity contribution in [2.75, 3.05) is 14.1 Å². The number of hydrogen-bond donors (Lipinski definition) is 0. The molecular formula is C14H19N3O2S. The largest absolute Gasteiger partial charge is 0.244 e. The Balaban J connectivity index is 2.52. The number of aryl methyl sites for hydroxylation is 1. The molecule has 2 rings (SSSR count). The van der Waals surface area contributed by atoms with E-state index in [9.17, 15) is 8.42 Å². The van der Waals surface area contributed by atoms with Crippen LogP contribution < -0.4 is 0 Å². The van der Waals surface area contributed by atoms with E-state index in [1.807, 2.05) is 12.1 Å². The molecule has 0 spiro atoms. The molecule has 5 nitrogen and oxygen atoms in total. The number of rotatable bonds is 5. The fourth-order valence-corrected chi connectivity index (χ4v) is 3.02. The first-order valence-electron chi connectivity index (χ1n) is 6.53. The van der Waals surface area contributed by atoms with Crippen molar-refractivity contribution >= 4 is 10.0 Å². The third-order valence-corrected chi connectivity index (χ3v) is 4.88. The molecule has 2 aromatic rings. The first kappa shape index (κ1) is 14.7. The number of hydrogen-bond acceptors (Lipinski definition) is 3. The van der Waals surface area contributed by atoms with E-state index in [-0.39, 0.29) is 4.90 Å². The molecule has 0 aliphatic rings. The average molecular weight is 293 g/mol. The van der Waals surface area contributed by atoms with Crippen molar-refractivity contribution in [3.8, 4) is 5.69 Å². The maximum absolute atomic E-state index is 12.3. The summed E-state index contributed by atoms with van der Waals surface area (Å²) in [6.07, 6.45) is 3.69. The molecule has 1 aromatic heterocycles. The monoisotopic (exact) mass is 293 g/mol. The van der Waals surface area contributed by atoms with E-state index in [1.54, 1.807) is 29.1 Å². The zero-order valence-electron chi connectivity index (χ0n) is 11.9. The van der Waals surface area contributed by atoms with E-state index in [1.165, 1.54) is 18.4 Å². The van der Waals surface area contributed by atoms with Gasteiger partial charge in [0, 0.05) is 20.3 Å². The van der Waals surface area contributed by atoms with Crippen molar-refractivity contribution in [2.24, 2.45) is 0 Å². The van der Waals surface area contributed by atoms with Gasteiger partial charge in [-0.25, -0.2) is 17.4 Å². The van der Waals surface area contributed by atoms with Gasteiger partial charge in [-0.1, -0.05) is 25.5 Å². The van der Waals surface area contributed by atoms with Gasteiger partial charge in [-0.05, 0) is 24.6 Å². The summed E-state index contributed by atoms with van der Waals surface area (Å²) >= 11 is 0. The zero-order chi connectivity index (χ0) is 14.8. The Labute approximate surface area is 119 Å². The van der Waals surface area contributed by atoms with Gasteiger partial charge in [0.05, 0.1) is 11.4 Å². The number of para-hydroxylation sites is 1. The lowest BCUT2D eigenvalue weighted by atomic mass is 10.3. The zero-order valence-corrected chi connectivity index (χ0v) is 12.8. The van der Waals surface area contributed by atoms with Crippen LogP contribution >= 0.6 is 0 Å². The van der Waals surface area contributed by atoms with E-state index in [2.05, 4.69) is 12.0 Å². The van der Waals surface area contributed by atoms with Crippen molar-refractivity contribution in [1.82, 2.24) is 14.1 Å². The van der Waals surface area contributed by atoms with Crippen LogP contribution in [-0.4, -0.2) is 36.6 Å². The number of aromatic nitrogens is 2. The topological polar surface area (TPSA) is 55.2 Å². The van der Waals surface area contributed by atoms with Crippen LogP contribution in [0.5, 0.6) is 0 Å². The van der Waals surface area contributed by atoms with E-state index in [0.29, 0.717) is 5.69 Å². The van der Waals surface area contributed by atoms with Crippen molar-refractivity contribution in [3.63, 3.8) is 0 Å². The Morgan fingerprint density at radius 1 is 1.20 bits per heavy atom. The minimum Gasteiger partial charge on any atom is -0.239 e. The Bertz CT molecular complexity index is 690. The lowest BCUT2D eigenvalue weighted by Crippen LogP contribution is -2.23. The van der Waals surface area contributed by atoms with Crippen LogP contribution in [0.3, 0.4) is 0 Å². The van der Waals surface area contributed by atoms with Gasteiger partial charge in [0.1, 0.15) is 4.90 Å². The lowest BCUT2D eigenvalue weighted by Gasteiger charge is -2.14. The molecule has 20 heavy (non-hydrogen) atoms. The summed E-state index contributed by atoms with van der Waals surface area (Å²) in [6, 6.07) is 8.81. The van der Waals surface area contributed by atoms with Crippen molar-refractivity contribution < 1.29 is 8.42 Å². The molecule has 0 N–H and O–H groups in total. The first-order valence-corrected chi connectivity index (χ1v) is 7.97. The quantitative estimate of drug-likeness (QED) is 0.848. The van der Waals surface area contributed by atoms with Crippen molar-refractivity contribution in [2.45, 2.75) is 24.7 Å². The molecule has 0 saturated carbocycles. The van der Waals surface area contributed by atoms with Gasteiger partial charge in [-0.15, -0.1) is 0 Å². The fourth-order valence-electron chi connectivity index (χ4n) is 1.95. The molecule has 108 valence electrons. The van der Waals surface area contributed by atoms with Crippen LogP contribution in [-0.2, 0) is 16.4 Å². The maximum atomic E-state index is 12.3. The summed E-state index contributed by atoms with van der Waals surface area (Å²) in [5.74, 6) is 0. The summed E-state index contributed by atoms with van der Waals surface area (Å²) in [5.41, 5.74) is 1.54. The Morgan fingerprint density at radius 2 is 1.90 bits per heavy atom. The second-order valence-corrected chi connectivity index (χ2v) is 6.88. The van der Waals surface area contributed by atoms with Gasteiger partial charge in [-0.3, -0.25) is 0 Å². The maximum Gasteiger partial charge on any atom is 0.244 e. The predicted octanol–water partition coefficient (Wildman–Crippen LogP) is 2.08. The van der Waals surface area contributed by atoms with Crippen LogP contribution in [0.1, 0.15) is 19.0 Å². The molecule has 0 atom stereocenters. The van der Waals surface area contributed by atoms with Gasteiger partial charge >= 0.3 is 0 Å². The molecule has 6 heteroatoms. The van der Waals surface area contributed by atoms with Crippen LogP contribution in [0.2, 0.25) is 0 Å². The summed E-state index contributed by atoms with van der Waals surface area (Å²) in [6.45, 7) is 2.09. The second-order valence-electron chi connectivity index (χ2n) is 4.76. The number of sulfonamides is 1. The highest BCUT2D eigenvalue weighted by Crippen LogP contribution is 2.21. The highest BCUT2D eigenvalue weighted by Gasteiger charge is 2.21. The normalized spacial score (nSPS) is 12.0. The van der Waals surface area contributed by atoms with E-state index < -0.39 is 10.0 Å². The molecule has 0 saturated heterocycles. The van der Waals surface area contributed by atoms with Crippen molar-refractivity contribution in [3.05, 3.63) is 42.2 Å². The Hall–Kier alpha value is -1.66. The van der Waals surface area contributed by atoms with Gasteiger partial charge in [0.25, 0.3) is 0 Å².